The van der Waals surface area contributed by atoms with Crippen LogP contribution in [-0.4, -0.2) is 57.4 Å². The van der Waals surface area contributed by atoms with Crippen molar-refractivity contribution >= 4 is 17.6 Å². The Kier molecular flexibility index (Phi) is 6.01. The van der Waals surface area contributed by atoms with Gasteiger partial charge in [0.1, 0.15) is 6.10 Å². The zero-order valence-corrected chi connectivity index (χ0v) is 14.8. The molecule has 2 fully saturated rings. The lowest BCUT2D eigenvalue weighted by Gasteiger charge is -2.20. The summed E-state index contributed by atoms with van der Waals surface area (Å²) in [4.78, 5) is 26.6. The van der Waals surface area contributed by atoms with Gasteiger partial charge in [-0.1, -0.05) is 25.7 Å². The first-order chi connectivity index (χ1) is 12.1. The molecule has 1 unspecified atom stereocenters. The number of nitrogens with one attached hydrogen (secondary N) is 2. The van der Waals surface area contributed by atoms with E-state index in [-0.39, 0.29) is 29.4 Å². The van der Waals surface area contributed by atoms with Crippen molar-refractivity contribution in [3.63, 3.8) is 0 Å². The van der Waals surface area contributed by atoms with Gasteiger partial charge in [-0.25, -0.2) is 0 Å². The van der Waals surface area contributed by atoms with Crippen LogP contribution in [0.4, 0.5) is 5.82 Å². The summed E-state index contributed by atoms with van der Waals surface area (Å²) in [5, 5.41) is 13.0. The molecule has 0 spiro atoms. The molecule has 2 aliphatic rings. The minimum atomic E-state index is -0.588. The predicted molar refractivity (Wildman–Crippen MR) is 92.2 cm³/mol. The molecule has 0 radical (unpaired) electrons. The molecule has 0 aromatic carbocycles. The minimum Gasteiger partial charge on any atom is -0.365 e. The lowest BCUT2D eigenvalue weighted by Crippen LogP contribution is -2.33. The van der Waals surface area contributed by atoms with Crippen LogP contribution in [-0.2, 0) is 9.53 Å². The van der Waals surface area contributed by atoms with Crippen molar-refractivity contribution in [1.29, 1.82) is 0 Å². The highest BCUT2D eigenvalue weighted by molar-refractivity contribution is 6.02. The highest BCUT2D eigenvalue weighted by Crippen LogP contribution is 2.21. The molecular weight excluding hydrogens is 322 g/mol. The number of rotatable bonds is 5. The van der Waals surface area contributed by atoms with Gasteiger partial charge in [0.2, 0.25) is 0 Å². The largest absolute Gasteiger partial charge is 0.365 e. The number of amides is 2. The molecule has 8 heteroatoms. The Morgan fingerprint density at radius 2 is 1.80 bits per heavy atom. The summed E-state index contributed by atoms with van der Waals surface area (Å²) >= 11 is 0. The fraction of sp³-hybridized carbons (Fsp3) is 0.765. The Bertz CT molecular complexity index is 589. The first-order valence-electron chi connectivity index (χ1n) is 9.31. The van der Waals surface area contributed by atoms with Crippen molar-refractivity contribution in [3.8, 4) is 0 Å². The average Bonchev–Trinajstić information content (AvgIpc) is 3.23. The second-order valence-corrected chi connectivity index (χ2v) is 6.90. The third-order valence-electron chi connectivity index (χ3n) is 4.95. The number of hydrogen-bond donors (Lipinski definition) is 2. The summed E-state index contributed by atoms with van der Waals surface area (Å²) in [5.41, 5.74) is 0.164. The standard InChI is InChI=1S/C17H27N5O3/c1-12(25-13-8-4-2-3-5-9-13)16(23)18-15-14(19-21-20-15)17(24)22-10-6-7-11-22/h12-13H,2-11H2,1H3,(H2,18,19,20,21,23). The number of anilines is 1. The van der Waals surface area contributed by atoms with Gasteiger partial charge in [0.15, 0.2) is 11.5 Å². The molecule has 0 bridgehead atoms. The molecular formula is C17H27N5O3. The molecule has 1 aromatic rings. The fourth-order valence-corrected chi connectivity index (χ4v) is 3.48. The Morgan fingerprint density at radius 1 is 1.12 bits per heavy atom. The molecule has 1 saturated carbocycles. The fourth-order valence-electron chi connectivity index (χ4n) is 3.48. The van der Waals surface area contributed by atoms with E-state index >= 15 is 0 Å². The molecule has 2 heterocycles. The maximum atomic E-state index is 12.5. The first-order valence-corrected chi connectivity index (χ1v) is 9.31. The quantitative estimate of drug-likeness (QED) is 0.793. The van der Waals surface area contributed by atoms with E-state index in [4.69, 9.17) is 4.74 Å². The molecule has 1 atom stereocenters. The molecule has 2 N–H and O–H groups in total. The average molecular weight is 349 g/mol. The van der Waals surface area contributed by atoms with Crippen molar-refractivity contribution in [3.05, 3.63) is 5.69 Å². The van der Waals surface area contributed by atoms with Gasteiger partial charge in [0.25, 0.3) is 11.8 Å². The summed E-state index contributed by atoms with van der Waals surface area (Å²) < 4.78 is 5.92. The molecule has 1 aromatic heterocycles. The SMILES string of the molecule is CC(OC1CCCCCC1)C(=O)Nc1n[nH]nc1C(=O)N1CCCC1. The van der Waals surface area contributed by atoms with Crippen molar-refractivity contribution in [2.75, 3.05) is 18.4 Å². The minimum absolute atomic E-state index is 0.131. The lowest BCUT2D eigenvalue weighted by molar-refractivity contribution is -0.130. The summed E-state index contributed by atoms with van der Waals surface area (Å²) in [5.74, 6) is -0.314. The monoisotopic (exact) mass is 349 g/mol. The Balaban J connectivity index is 1.57. The molecule has 138 valence electrons. The number of nitrogens with zero attached hydrogens (tertiary/aromatic N) is 3. The van der Waals surface area contributed by atoms with E-state index < -0.39 is 6.10 Å². The molecule has 1 aliphatic heterocycles. The molecule has 8 nitrogen and oxygen atoms in total. The third-order valence-corrected chi connectivity index (χ3v) is 4.95. The number of carbonyl (C=O) groups excluding carboxylic acids is 2. The normalized spacial score (nSPS) is 20.3. The molecule has 1 saturated heterocycles. The first kappa shape index (κ1) is 17.8. The van der Waals surface area contributed by atoms with Crippen LogP contribution in [0.5, 0.6) is 0 Å². The van der Waals surface area contributed by atoms with E-state index in [0.717, 1.165) is 51.6 Å². The van der Waals surface area contributed by atoms with Crippen LogP contribution in [0.15, 0.2) is 0 Å². The number of carbonyl (C=O) groups is 2. The van der Waals surface area contributed by atoms with Crippen molar-refractivity contribution in [2.24, 2.45) is 0 Å². The maximum absolute atomic E-state index is 12.5. The van der Waals surface area contributed by atoms with Crippen LogP contribution in [0.25, 0.3) is 0 Å². The lowest BCUT2D eigenvalue weighted by atomic mass is 10.1. The Morgan fingerprint density at radius 3 is 2.48 bits per heavy atom. The van der Waals surface area contributed by atoms with Gasteiger partial charge in [-0.3, -0.25) is 9.59 Å². The Labute approximate surface area is 147 Å². The smallest absolute Gasteiger partial charge is 0.278 e. The number of aromatic amines is 1. The molecule has 25 heavy (non-hydrogen) atoms. The van der Waals surface area contributed by atoms with Gasteiger partial charge in [-0.2, -0.15) is 5.21 Å². The second-order valence-electron chi connectivity index (χ2n) is 6.90. The number of hydrogen-bond acceptors (Lipinski definition) is 5. The number of aromatic nitrogens is 3. The van der Waals surface area contributed by atoms with Crippen LogP contribution >= 0.6 is 0 Å². The van der Waals surface area contributed by atoms with Crippen LogP contribution in [0.2, 0.25) is 0 Å². The van der Waals surface area contributed by atoms with E-state index in [1.165, 1.54) is 12.8 Å². The van der Waals surface area contributed by atoms with Crippen LogP contribution in [0.3, 0.4) is 0 Å². The van der Waals surface area contributed by atoms with Gasteiger partial charge in [-0.05, 0) is 32.6 Å². The van der Waals surface area contributed by atoms with Gasteiger partial charge in [0.05, 0.1) is 6.10 Å². The van der Waals surface area contributed by atoms with Crippen molar-refractivity contribution in [1.82, 2.24) is 20.3 Å². The van der Waals surface area contributed by atoms with Gasteiger partial charge in [0, 0.05) is 13.1 Å². The predicted octanol–water partition coefficient (Wildman–Crippen LogP) is 2.11. The summed E-state index contributed by atoms with van der Waals surface area (Å²) in [7, 11) is 0. The van der Waals surface area contributed by atoms with Crippen LogP contribution in [0, 0.1) is 0 Å². The van der Waals surface area contributed by atoms with Crippen LogP contribution < -0.4 is 5.32 Å². The van der Waals surface area contributed by atoms with Gasteiger partial charge >= 0.3 is 0 Å². The van der Waals surface area contributed by atoms with Gasteiger partial charge < -0.3 is 15.0 Å². The van der Waals surface area contributed by atoms with E-state index in [1.807, 2.05) is 0 Å². The topological polar surface area (TPSA) is 100 Å². The number of likely N-dealkylation sites (tertiary alicyclic amines) is 1. The van der Waals surface area contributed by atoms with E-state index in [1.54, 1.807) is 11.8 Å². The zero-order chi connectivity index (χ0) is 17.6. The molecule has 1 aliphatic carbocycles. The molecule has 2 amide bonds. The van der Waals surface area contributed by atoms with E-state index in [9.17, 15) is 9.59 Å². The third kappa shape index (κ3) is 4.56. The highest BCUT2D eigenvalue weighted by atomic mass is 16.5. The summed E-state index contributed by atoms with van der Waals surface area (Å²) in [6.07, 6.45) is 8.31. The van der Waals surface area contributed by atoms with Crippen molar-refractivity contribution in [2.45, 2.75) is 70.5 Å². The zero-order valence-electron chi connectivity index (χ0n) is 14.8. The highest BCUT2D eigenvalue weighted by Gasteiger charge is 2.27. The number of H-pyrrole nitrogens is 1. The summed E-state index contributed by atoms with van der Waals surface area (Å²) in [6.45, 7) is 3.18. The number of ether oxygens (including phenoxy) is 1. The second kappa shape index (κ2) is 8.42. The Hall–Kier alpha value is -1.96. The summed E-state index contributed by atoms with van der Waals surface area (Å²) in [6, 6.07) is 0. The van der Waals surface area contributed by atoms with Crippen LogP contribution in [0.1, 0.15) is 68.8 Å². The molecule has 3 rings (SSSR count). The van der Waals surface area contributed by atoms with E-state index in [2.05, 4.69) is 20.7 Å². The van der Waals surface area contributed by atoms with Crippen molar-refractivity contribution < 1.29 is 14.3 Å². The maximum Gasteiger partial charge on any atom is 0.278 e. The van der Waals surface area contributed by atoms with Gasteiger partial charge in [-0.15, -0.1) is 10.2 Å². The van der Waals surface area contributed by atoms with E-state index in [0.29, 0.717) is 0 Å².